The Morgan fingerprint density at radius 3 is 2.39 bits per heavy atom. The van der Waals surface area contributed by atoms with Gasteiger partial charge in [-0.15, -0.1) is 0 Å². The molecule has 144 valence electrons. The SMILES string of the molecule is NS(=O)(=O)c1ccc(NC(=O)/C=C/c2ccc(-c3ccc(Cl)cc3Cl)o2)cc1. The van der Waals surface area contributed by atoms with Gasteiger partial charge in [0.2, 0.25) is 15.9 Å². The molecule has 3 rings (SSSR count). The summed E-state index contributed by atoms with van der Waals surface area (Å²) in [4.78, 5) is 12.0. The van der Waals surface area contributed by atoms with Crippen LogP contribution in [0, 0.1) is 0 Å². The molecule has 0 fully saturated rings. The summed E-state index contributed by atoms with van der Waals surface area (Å²) in [5, 5.41) is 8.61. The van der Waals surface area contributed by atoms with Crippen molar-refractivity contribution >= 4 is 50.9 Å². The molecule has 0 saturated carbocycles. The van der Waals surface area contributed by atoms with E-state index in [2.05, 4.69) is 5.32 Å². The predicted octanol–water partition coefficient (Wildman–Crippen LogP) is 4.55. The Balaban J connectivity index is 1.67. The van der Waals surface area contributed by atoms with Crippen LogP contribution in [0.2, 0.25) is 10.0 Å². The molecule has 1 aromatic heterocycles. The third-order valence-electron chi connectivity index (χ3n) is 3.67. The van der Waals surface area contributed by atoms with E-state index >= 15 is 0 Å². The number of halogens is 2. The normalized spacial score (nSPS) is 11.7. The fourth-order valence-corrected chi connectivity index (χ4v) is 3.36. The number of hydrogen-bond donors (Lipinski definition) is 2. The van der Waals surface area contributed by atoms with Gasteiger partial charge in [-0.2, -0.15) is 0 Å². The molecule has 3 N–H and O–H groups in total. The Hall–Kier alpha value is -2.58. The highest BCUT2D eigenvalue weighted by Crippen LogP contribution is 2.31. The van der Waals surface area contributed by atoms with Gasteiger partial charge in [-0.25, -0.2) is 13.6 Å². The van der Waals surface area contributed by atoms with Crippen LogP contribution in [0.3, 0.4) is 0 Å². The van der Waals surface area contributed by atoms with E-state index in [0.29, 0.717) is 32.8 Å². The van der Waals surface area contributed by atoms with Crippen LogP contribution in [0.4, 0.5) is 5.69 Å². The number of carbonyl (C=O) groups is 1. The second-order valence-electron chi connectivity index (χ2n) is 5.72. The number of primary sulfonamides is 1. The quantitative estimate of drug-likeness (QED) is 0.572. The fraction of sp³-hybridized carbons (Fsp3) is 0. The van der Waals surface area contributed by atoms with E-state index in [9.17, 15) is 13.2 Å². The minimum absolute atomic E-state index is 0.0370. The van der Waals surface area contributed by atoms with Crippen molar-refractivity contribution in [3.05, 3.63) is 76.5 Å². The number of sulfonamides is 1. The molecule has 28 heavy (non-hydrogen) atoms. The largest absolute Gasteiger partial charge is 0.457 e. The van der Waals surface area contributed by atoms with E-state index in [0.717, 1.165) is 0 Å². The highest BCUT2D eigenvalue weighted by Gasteiger charge is 2.09. The molecule has 0 bridgehead atoms. The third-order valence-corrected chi connectivity index (χ3v) is 5.15. The molecule has 0 aliphatic rings. The lowest BCUT2D eigenvalue weighted by molar-refractivity contribution is -0.111. The number of nitrogens with two attached hydrogens (primary N) is 1. The number of rotatable bonds is 5. The Morgan fingerprint density at radius 1 is 1.04 bits per heavy atom. The lowest BCUT2D eigenvalue weighted by Crippen LogP contribution is -2.12. The number of hydrogen-bond acceptors (Lipinski definition) is 4. The molecule has 6 nitrogen and oxygen atoms in total. The molecule has 1 heterocycles. The summed E-state index contributed by atoms with van der Waals surface area (Å²) in [6.07, 6.45) is 2.79. The van der Waals surface area contributed by atoms with Crippen LogP contribution >= 0.6 is 23.2 Å². The number of carbonyl (C=O) groups excluding carboxylic acids is 1. The first kappa shape index (κ1) is 20.2. The van der Waals surface area contributed by atoms with Gasteiger partial charge in [0.1, 0.15) is 11.5 Å². The Bertz CT molecular complexity index is 1150. The Labute approximate surface area is 171 Å². The highest BCUT2D eigenvalue weighted by atomic mass is 35.5. The summed E-state index contributed by atoms with van der Waals surface area (Å²) in [7, 11) is -3.78. The van der Waals surface area contributed by atoms with Crippen molar-refractivity contribution in [3.8, 4) is 11.3 Å². The predicted molar refractivity (Wildman–Crippen MR) is 110 cm³/mol. The van der Waals surface area contributed by atoms with Gasteiger partial charge in [0.15, 0.2) is 0 Å². The molecule has 0 atom stereocenters. The topological polar surface area (TPSA) is 102 Å². The van der Waals surface area contributed by atoms with Crippen LogP contribution in [-0.4, -0.2) is 14.3 Å². The van der Waals surface area contributed by atoms with Gasteiger partial charge in [0.25, 0.3) is 0 Å². The zero-order valence-corrected chi connectivity index (χ0v) is 16.6. The average molecular weight is 437 g/mol. The second kappa shape index (κ2) is 8.20. The Kier molecular flexibility index (Phi) is 5.90. The minimum Gasteiger partial charge on any atom is -0.457 e. The van der Waals surface area contributed by atoms with E-state index in [1.54, 1.807) is 30.3 Å². The first-order valence-corrected chi connectivity index (χ1v) is 10.2. The van der Waals surface area contributed by atoms with Crippen molar-refractivity contribution in [1.29, 1.82) is 0 Å². The maximum Gasteiger partial charge on any atom is 0.248 e. The van der Waals surface area contributed by atoms with Crippen molar-refractivity contribution in [2.45, 2.75) is 4.90 Å². The van der Waals surface area contributed by atoms with E-state index in [1.165, 1.54) is 36.4 Å². The Morgan fingerprint density at radius 2 is 1.75 bits per heavy atom. The van der Waals surface area contributed by atoms with Gasteiger partial charge >= 0.3 is 0 Å². The molecular formula is C19H14Cl2N2O4S. The summed E-state index contributed by atoms with van der Waals surface area (Å²) < 4.78 is 28.1. The number of benzene rings is 2. The molecule has 0 unspecified atom stereocenters. The van der Waals surface area contributed by atoms with Crippen molar-refractivity contribution in [1.82, 2.24) is 0 Å². The van der Waals surface area contributed by atoms with Crippen LogP contribution in [0.1, 0.15) is 5.76 Å². The van der Waals surface area contributed by atoms with Crippen LogP contribution in [-0.2, 0) is 14.8 Å². The van der Waals surface area contributed by atoms with Gasteiger partial charge in [-0.1, -0.05) is 23.2 Å². The number of furan rings is 1. The summed E-state index contributed by atoms with van der Waals surface area (Å²) >= 11 is 12.0. The van der Waals surface area contributed by atoms with E-state index in [1.807, 2.05) is 0 Å². The average Bonchev–Trinajstić information content (AvgIpc) is 3.08. The molecule has 2 aromatic carbocycles. The fourth-order valence-electron chi connectivity index (χ4n) is 2.35. The van der Waals surface area contributed by atoms with Crippen molar-refractivity contribution in [2.24, 2.45) is 5.14 Å². The standard InChI is InChI=1S/C19H14Cl2N2O4S/c20-12-1-8-16(17(21)11-12)18-9-4-14(27-18)5-10-19(24)23-13-2-6-15(7-3-13)28(22,25)26/h1-11H,(H,23,24)(H2,22,25,26)/b10-5+. The van der Waals surface area contributed by atoms with Crippen LogP contribution < -0.4 is 10.5 Å². The maximum atomic E-state index is 12.0. The monoisotopic (exact) mass is 436 g/mol. The molecule has 0 aliphatic heterocycles. The molecule has 1 amide bonds. The summed E-state index contributed by atoms with van der Waals surface area (Å²) in [5.74, 6) is 0.590. The zero-order valence-electron chi connectivity index (χ0n) is 14.2. The van der Waals surface area contributed by atoms with E-state index < -0.39 is 15.9 Å². The summed E-state index contributed by atoms with van der Waals surface area (Å²) in [6, 6.07) is 14.0. The molecule has 0 aliphatic carbocycles. The van der Waals surface area contributed by atoms with Crippen molar-refractivity contribution in [3.63, 3.8) is 0 Å². The van der Waals surface area contributed by atoms with E-state index in [4.69, 9.17) is 32.8 Å². The minimum atomic E-state index is -3.78. The second-order valence-corrected chi connectivity index (χ2v) is 8.12. The van der Waals surface area contributed by atoms with Crippen LogP contribution in [0.5, 0.6) is 0 Å². The summed E-state index contributed by atoms with van der Waals surface area (Å²) in [5.41, 5.74) is 1.11. The number of amides is 1. The maximum absolute atomic E-state index is 12.0. The molecule has 0 saturated heterocycles. The van der Waals surface area contributed by atoms with Crippen molar-refractivity contribution in [2.75, 3.05) is 5.32 Å². The lowest BCUT2D eigenvalue weighted by Gasteiger charge is -2.03. The van der Waals surface area contributed by atoms with Crippen molar-refractivity contribution < 1.29 is 17.6 Å². The van der Waals surface area contributed by atoms with Crippen LogP contribution in [0.25, 0.3) is 17.4 Å². The van der Waals surface area contributed by atoms with Crippen LogP contribution in [0.15, 0.2) is 70.0 Å². The third kappa shape index (κ3) is 5.02. The van der Waals surface area contributed by atoms with E-state index in [-0.39, 0.29) is 4.90 Å². The van der Waals surface area contributed by atoms with Gasteiger partial charge in [-0.3, -0.25) is 4.79 Å². The number of nitrogens with one attached hydrogen (secondary N) is 1. The van der Waals surface area contributed by atoms with Gasteiger partial charge in [0, 0.05) is 22.3 Å². The number of anilines is 1. The molecule has 9 heteroatoms. The first-order valence-electron chi connectivity index (χ1n) is 7.89. The summed E-state index contributed by atoms with van der Waals surface area (Å²) in [6.45, 7) is 0. The highest BCUT2D eigenvalue weighted by molar-refractivity contribution is 7.89. The molecule has 3 aromatic rings. The molecular weight excluding hydrogens is 423 g/mol. The molecule has 0 spiro atoms. The molecule has 0 radical (unpaired) electrons. The zero-order chi connectivity index (χ0) is 20.3. The first-order chi connectivity index (χ1) is 13.2. The smallest absolute Gasteiger partial charge is 0.248 e. The van der Waals surface area contributed by atoms with Gasteiger partial charge in [-0.05, 0) is 60.7 Å². The lowest BCUT2D eigenvalue weighted by atomic mass is 10.2. The van der Waals surface area contributed by atoms with Gasteiger partial charge < -0.3 is 9.73 Å². The van der Waals surface area contributed by atoms with Gasteiger partial charge in [0.05, 0.1) is 9.92 Å².